The standard InChI is InChI=1S/C34H41N5/c1-38(2)32-21-33(37-31-16-10-9-15-30(31)32)36-29-19-17-28(18-20-29)35-22-25-23-39(24-25)34(26-11-5-3-6-12-26)27-13-7-4-8-14-27/h3-16,21,25,28-29,34-35H,17-20,22-24H2,1-2H3,(H,36,37)/t28-,29+. The van der Waals surface area contributed by atoms with Crippen LogP contribution in [0.4, 0.5) is 11.5 Å². The molecule has 2 heterocycles. The summed E-state index contributed by atoms with van der Waals surface area (Å²) in [6, 6.07) is 34.0. The molecule has 202 valence electrons. The number of nitrogens with one attached hydrogen (secondary N) is 2. The lowest BCUT2D eigenvalue weighted by molar-refractivity contribution is 0.0656. The van der Waals surface area contributed by atoms with E-state index in [9.17, 15) is 0 Å². The summed E-state index contributed by atoms with van der Waals surface area (Å²) in [6.07, 6.45) is 4.81. The first kappa shape index (κ1) is 25.8. The number of likely N-dealkylation sites (tertiary alicyclic amines) is 1. The lowest BCUT2D eigenvalue weighted by Crippen LogP contribution is -2.53. The number of para-hydroxylation sites is 1. The van der Waals surface area contributed by atoms with E-state index in [4.69, 9.17) is 4.98 Å². The number of nitrogens with zero attached hydrogens (tertiary/aromatic N) is 3. The maximum Gasteiger partial charge on any atom is 0.128 e. The van der Waals surface area contributed by atoms with Crippen molar-refractivity contribution < 1.29 is 0 Å². The summed E-state index contributed by atoms with van der Waals surface area (Å²) < 4.78 is 0. The van der Waals surface area contributed by atoms with E-state index < -0.39 is 0 Å². The Morgan fingerprint density at radius 2 is 1.38 bits per heavy atom. The Balaban J connectivity index is 0.987. The first-order valence-corrected chi connectivity index (χ1v) is 14.5. The molecule has 0 bridgehead atoms. The van der Waals surface area contributed by atoms with Crippen molar-refractivity contribution in [1.29, 1.82) is 0 Å². The zero-order valence-electron chi connectivity index (χ0n) is 23.3. The summed E-state index contributed by atoms with van der Waals surface area (Å²) in [5.74, 6) is 1.72. The van der Waals surface area contributed by atoms with Gasteiger partial charge in [-0.15, -0.1) is 0 Å². The van der Waals surface area contributed by atoms with Crippen LogP contribution < -0.4 is 15.5 Å². The number of anilines is 2. The van der Waals surface area contributed by atoms with E-state index in [-0.39, 0.29) is 0 Å². The minimum Gasteiger partial charge on any atom is -0.377 e. The number of pyridine rings is 1. The van der Waals surface area contributed by atoms with Gasteiger partial charge >= 0.3 is 0 Å². The number of hydrogen-bond acceptors (Lipinski definition) is 5. The summed E-state index contributed by atoms with van der Waals surface area (Å²) in [4.78, 5) is 9.73. The molecule has 2 aliphatic rings. The van der Waals surface area contributed by atoms with Crippen molar-refractivity contribution in [3.8, 4) is 0 Å². The van der Waals surface area contributed by atoms with Crippen LogP contribution in [-0.4, -0.2) is 55.7 Å². The molecule has 0 unspecified atom stereocenters. The fourth-order valence-corrected chi connectivity index (χ4v) is 6.42. The lowest BCUT2D eigenvalue weighted by atomic mass is 9.88. The molecule has 1 aliphatic heterocycles. The van der Waals surface area contributed by atoms with Gasteiger partial charge in [-0.05, 0) is 48.8 Å². The third-order valence-electron chi connectivity index (χ3n) is 8.53. The van der Waals surface area contributed by atoms with Crippen LogP contribution in [0.3, 0.4) is 0 Å². The Morgan fingerprint density at radius 3 is 2.03 bits per heavy atom. The van der Waals surface area contributed by atoms with Gasteiger partial charge in [0.2, 0.25) is 0 Å². The van der Waals surface area contributed by atoms with E-state index >= 15 is 0 Å². The van der Waals surface area contributed by atoms with Gasteiger partial charge in [0.25, 0.3) is 0 Å². The summed E-state index contributed by atoms with van der Waals surface area (Å²) in [6.45, 7) is 3.42. The Bertz CT molecular complexity index is 1300. The van der Waals surface area contributed by atoms with Crippen LogP contribution in [0, 0.1) is 5.92 Å². The van der Waals surface area contributed by atoms with E-state index in [1.165, 1.54) is 47.9 Å². The molecule has 1 aliphatic carbocycles. The average Bonchev–Trinajstić information content (AvgIpc) is 2.95. The van der Waals surface area contributed by atoms with Crippen molar-refractivity contribution in [3.05, 3.63) is 102 Å². The molecule has 6 rings (SSSR count). The quantitative estimate of drug-likeness (QED) is 0.270. The smallest absolute Gasteiger partial charge is 0.128 e. The summed E-state index contributed by atoms with van der Waals surface area (Å²) in [5, 5.41) is 8.87. The van der Waals surface area contributed by atoms with Gasteiger partial charge < -0.3 is 15.5 Å². The highest BCUT2D eigenvalue weighted by atomic mass is 15.2. The minimum atomic E-state index is 0.349. The van der Waals surface area contributed by atoms with Gasteiger partial charge in [-0.3, -0.25) is 4.90 Å². The van der Waals surface area contributed by atoms with Crippen molar-refractivity contribution in [1.82, 2.24) is 15.2 Å². The van der Waals surface area contributed by atoms with Gasteiger partial charge in [0.05, 0.1) is 11.6 Å². The molecule has 1 aromatic heterocycles. The first-order valence-electron chi connectivity index (χ1n) is 14.5. The SMILES string of the molecule is CN(C)c1cc(N[C@H]2CC[C@@H](NCC3CN(C(c4ccccc4)c4ccccc4)C3)CC2)nc2ccccc12. The number of hydrogen-bond donors (Lipinski definition) is 2. The number of benzene rings is 3. The molecule has 1 saturated heterocycles. The topological polar surface area (TPSA) is 43.4 Å². The molecule has 5 nitrogen and oxygen atoms in total. The van der Waals surface area contributed by atoms with Crippen LogP contribution >= 0.6 is 0 Å². The molecule has 2 fully saturated rings. The van der Waals surface area contributed by atoms with E-state index in [0.717, 1.165) is 36.9 Å². The van der Waals surface area contributed by atoms with Crippen LogP contribution in [0.5, 0.6) is 0 Å². The molecule has 4 aromatic rings. The molecule has 3 aromatic carbocycles. The van der Waals surface area contributed by atoms with Crippen molar-refractivity contribution in [3.63, 3.8) is 0 Å². The van der Waals surface area contributed by atoms with E-state index in [1.54, 1.807) is 0 Å². The zero-order chi connectivity index (χ0) is 26.6. The lowest BCUT2D eigenvalue weighted by Gasteiger charge is -2.45. The highest BCUT2D eigenvalue weighted by molar-refractivity contribution is 5.93. The Labute approximate surface area is 233 Å². The molecule has 0 amide bonds. The normalized spacial score (nSPS) is 20.2. The average molecular weight is 520 g/mol. The highest BCUT2D eigenvalue weighted by Gasteiger charge is 2.34. The van der Waals surface area contributed by atoms with Gasteiger partial charge in [-0.2, -0.15) is 0 Å². The number of fused-ring (bicyclic) bond motifs is 1. The van der Waals surface area contributed by atoms with Gasteiger partial charge in [-0.25, -0.2) is 4.98 Å². The van der Waals surface area contributed by atoms with Crippen molar-refractivity contribution >= 4 is 22.4 Å². The molecular formula is C34H41N5. The van der Waals surface area contributed by atoms with Crippen LogP contribution in [-0.2, 0) is 0 Å². The molecule has 2 N–H and O–H groups in total. The van der Waals surface area contributed by atoms with Gasteiger partial charge in [-0.1, -0.05) is 78.9 Å². The number of aromatic nitrogens is 1. The van der Waals surface area contributed by atoms with Crippen LogP contribution in [0.25, 0.3) is 10.9 Å². The first-order chi connectivity index (χ1) is 19.1. The Hall–Kier alpha value is -3.41. The maximum absolute atomic E-state index is 4.92. The van der Waals surface area contributed by atoms with Crippen LogP contribution in [0.1, 0.15) is 42.9 Å². The fraction of sp³-hybridized carbons (Fsp3) is 0.382. The third-order valence-corrected chi connectivity index (χ3v) is 8.53. The second-order valence-electron chi connectivity index (χ2n) is 11.6. The largest absolute Gasteiger partial charge is 0.377 e. The predicted octanol–water partition coefficient (Wildman–Crippen LogP) is 6.33. The molecule has 0 spiro atoms. The van der Waals surface area contributed by atoms with E-state index in [2.05, 4.69) is 126 Å². The van der Waals surface area contributed by atoms with Crippen LogP contribution in [0.15, 0.2) is 91.0 Å². The van der Waals surface area contributed by atoms with Crippen LogP contribution in [0.2, 0.25) is 0 Å². The van der Waals surface area contributed by atoms with Crippen molar-refractivity contribution in [2.24, 2.45) is 5.92 Å². The summed E-state index contributed by atoms with van der Waals surface area (Å²) in [7, 11) is 4.21. The van der Waals surface area contributed by atoms with Gasteiger partial charge in [0, 0.05) is 63.0 Å². The summed E-state index contributed by atoms with van der Waals surface area (Å²) >= 11 is 0. The minimum absolute atomic E-state index is 0.349. The second-order valence-corrected chi connectivity index (χ2v) is 11.6. The van der Waals surface area contributed by atoms with E-state index in [0.29, 0.717) is 18.1 Å². The second kappa shape index (κ2) is 11.8. The Kier molecular flexibility index (Phi) is 7.80. The fourth-order valence-electron chi connectivity index (χ4n) is 6.42. The molecule has 1 saturated carbocycles. The summed E-state index contributed by atoms with van der Waals surface area (Å²) in [5.41, 5.74) is 5.05. The zero-order valence-corrected chi connectivity index (χ0v) is 23.3. The Morgan fingerprint density at radius 1 is 0.795 bits per heavy atom. The monoisotopic (exact) mass is 519 g/mol. The third kappa shape index (κ3) is 5.95. The van der Waals surface area contributed by atoms with Crippen molar-refractivity contribution in [2.45, 2.75) is 43.8 Å². The molecule has 0 atom stereocenters. The van der Waals surface area contributed by atoms with Crippen molar-refractivity contribution in [2.75, 3.05) is 43.9 Å². The van der Waals surface area contributed by atoms with Gasteiger partial charge in [0.15, 0.2) is 0 Å². The molecule has 39 heavy (non-hydrogen) atoms. The number of rotatable bonds is 9. The predicted molar refractivity (Wildman–Crippen MR) is 164 cm³/mol. The van der Waals surface area contributed by atoms with Gasteiger partial charge in [0.1, 0.15) is 5.82 Å². The molecular weight excluding hydrogens is 478 g/mol. The molecule has 0 radical (unpaired) electrons. The highest BCUT2D eigenvalue weighted by Crippen LogP contribution is 2.34. The maximum atomic E-state index is 4.92. The van der Waals surface area contributed by atoms with E-state index in [1.807, 2.05) is 0 Å². The molecule has 5 heteroatoms.